The molecule has 2 heterocycles. The van der Waals surface area contributed by atoms with E-state index in [0.717, 1.165) is 25.8 Å². The van der Waals surface area contributed by atoms with E-state index in [0.29, 0.717) is 19.0 Å². The van der Waals surface area contributed by atoms with Crippen molar-refractivity contribution in [3.63, 3.8) is 0 Å². The Morgan fingerprint density at radius 3 is 2.74 bits per heavy atom. The lowest BCUT2D eigenvalue weighted by atomic mass is 9.97. The fourth-order valence-electron chi connectivity index (χ4n) is 2.95. The van der Waals surface area contributed by atoms with Crippen LogP contribution in [0.25, 0.3) is 0 Å². The fourth-order valence-corrected chi connectivity index (χ4v) is 2.95. The number of anilines is 1. The normalized spacial score (nSPS) is 17.7. The van der Waals surface area contributed by atoms with Gasteiger partial charge >= 0.3 is 0 Å². The molecule has 3 rings (SSSR count). The number of hydrogen-bond donors (Lipinski definition) is 1. The van der Waals surface area contributed by atoms with Gasteiger partial charge < -0.3 is 10.2 Å². The lowest BCUT2D eigenvalue weighted by Gasteiger charge is -2.31. The summed E-state index contributed by atoms with van der Waals surface area (Å²) in [6, 6.07) is 12.0. The molecule has 1 saturated heterocycles. The fraction of sp³-hybridized carbons (Fsp3) is 0.389. The number of amides is 1. The molecule has 1 aliphatic rings. The maximum Gasteiger partial charge on any atom is 0.225 e. The molecule has 120 valence electrons. The molecule has 1 aliphatic heterocycles. The molecule has 0 saturated carbocycles. The maximum atomic E-state index is 12.4. The molecule has 1 fully saturated rings. The van der Waals surface area contributed by atoms with E-state index in [4.69, 9.17) is 0 Å². The Labute approximate surface area is 136 Å². The highest BCUT2D eigenvalue weighted by atomic mass is 16.1. The first-order chi connectivity index (χ1) is 11.3. The van der Waals surface area contributed by atoms with Crippen molar-refractivity contribution in [2.75, 3.05) is 24.5 Å². The zero-order valence-corrected chi connectivity index (χ0v) is 13.2. The molecular formula is C18H22N4O. The first-order valence-corrected chi connectivity index (χ1v) is 8.16. The van der Waals surface area contributed by atoms with Crippen LogP contribution >= 0.6 is 0 Å². The molecule has 0 bridgehead atoms. The molecule has 1 aromatic carbocycles. The summed E-state index contributed by atoms with van der Waals surface area (Å²) in [6.45, 7) is 2.29. The average molecular weight is 310 g/mol. The van der Waals surface area contributed by atoms with E-state index in [1.807, 2.05) is 18.2 Å². The molecule has 5 nitrogen and oxygen atoms in total. The molecule has 1 amide bonds. The molecule has 23 heavy (non-hydrogen) atoms. The van der Waals surface area contributed by atoms with Gasteiger partial charge in [-0.15, -0.1) is 0 Å². The third kappa shape index (κ3) is 4.28. The summed E-state index contributed by atoms with van der Waals surface area (Å²) in [5, 5.41) is 3.07. The van der Waals surface area contributed by atoms with Crippen molar-refractivity contribution in [3.8, 4) is 0 Å². The highest BCUT2D eigenvalue weighted by Gasteiger charge is 2.26. The predicted molar refractivity (Wildman–Crippen MR) is 90.1 cm³/mol. The average Bonchev–Trinajstić information content (AvgIpc) is 2.63. The zero-order chi connectivity index (χ0) is 15.9. The Morgan fingerprint density at radius 1 is 1.17 bits per heavy atom. The van der Waals surface area contributed by atoms with Crippen molar-refractivity contribution in [1.82, 2.24) is 15.3 Å². The number of nitrogens with zero attached hydrogens (tertiary/aromatic N) is 3. The van der Waals surface area contributed by atoms with E-state index < -0.39 is 0 Å². The number of nitrogens with one attached hydrogen (secondary N) is 1. The molecule has 0 aliphatic carbocycles. The Kier molecular flexibility index (Phi) is 5.19. The van der Waals surface area contributed by atoms with Crippen LogP contribution in [-0.2, 0) is 11.2 Å². The van der Waals surface area contributed by atoms with Gasteiger partial charge in [0.25, 0.3) is 0 Å². The van der Waals surface area contributed by atoms with Gasteiger partial charge in [0.05, 0.1) is 5.92 Å². The lowest BCUT2D eigenvalue weighted by Crippen LogP contribution is -2.44. The van der Waals surface area contributed by atoms with E-state index >= 15 is 0 Å². The number of rotatable bonds is 5. The summed E-state index contributed by atoms with van der Waals surface area (Å²) < 4.78 is 0. The minimum atomic E-state index is 0.0170. The van der Waals surface area contributed by atoms with Crippen molar-refractivity contribution < 1.29 is 4.79 Å². The Bertz CT molecular complexity index is 617. The van der Waals surface area contributed by atoms with Crippen LogP contribution in [-0.4, -0.2) is 35.5 Å². The second kappa shape index (κ2) is 7.72. The quantitative estimate of drug-likeness (QED) is 0.918. The van der Waals surface area contributed by atoms with Gasteiger partial charge in [-0.05, 0) is 30.9 Å². The van der Waals surface area contributed by atoms with Crippen LogP contribution in [0.3, 0.4) is 0 Å². The Hall–Kier alpha value is -2.43. The molecule has 0 spiro atoms. The molecule has 1 unspecified atom stereocenters. The summed E-state index contributed by atoms with van der Waals surface area (Å²) in [4.78, 5) is 23.1. The van der Waals surface area contributed by atoms with Gasteiger partial charge in [0.15, 0.2) is 0 Å². The standard InChI is InChI=1S/C18H22N4O/c23-17(19-12-9-15-6-2-1-3-7-15)16-8-4-13-22(14-16)18-20-10-5-11-21-18/h1-3,5-7,10-11,16H,4,8-9,12-14H2,(H,19,23). The number of hydrogen-bond acceptors (Lipinski definition) is 4. The van der Waals surface area contributed by atoms with Crippen LogP contribution in [0.15, 0.2) is 48.8 Å². The third-order valence-electron chi connectivity index (χ3n) is 4.18. The Morgan fingerprint density at radius 2 is 1.96 bits per heavy atom. The van der Waals surface area contributed by atoms with Gasteiger partial charge in [0.2, 0.25) is 11.9 Å². The van der Waals surface area contributed by atoms with Crippen LogP contribution in [0.2, 0.25) is 0 Å². The lowest BCUT2D eigenvalue weighted by molar-refractivity contribution is -0.125. The molecule has 0 radical (unpaired) electrons. The minimum absolute atomic E-state index is 0.0170. The first-order valence-electron chi connectivity index (χ1n) is 8.16. The van der Waals surface area contributed by atoms with Crippen molar-refractivity contribution >= 4 is 11.9 Å². The highest BCUT2D eigenvalue weighted by molar-refractivity contribution is 5.79. The van der Waals surface area contributed by atoms with Crippen LogP contribution in [0.1, 0.15) is 18.4 Å². The molecule has 5 heteroatoms. The largest absolute Gasteiger partial charge is 0.355 e. The number of benzene rings is 1. The van der Waals surface area contributed by atoms with Crippen LogP contribution in [0.5, 0.6) is 0 Å². The van der Waals surface area contributed by atoms with Crippen LogP contribution < -0.4 is 10.2 Å². The first kappa shape index (κ1) is 15.5. The van der Waals surface area contributed by atoms with Crippen molar-refractivity contribution in [1.29, 1.82) is 0 Å². The smallest absolute Gasteiger partial charge is 0.225 e. The molecule has 1 atom stereocenters. The van der Waals surface area contributed by atoms with E-state index in [1.54, 1.807) is 18.5 Å². The summed E-state index contributed by atoms with van der Waals surface area (Å²) in [7, 11) is 0. The number of aromatic nitrogens is 2. The molecule has 2 aromatic rings. The van der Waals surface area contributed by atoms with Gasteiger partial charge in [-0.3, -0.25) is 4.79 Å². The number of carbonyl (C=O) groups excluding carboxylic acids is 1. The topological polar surface area (TPSA) is 58.1 Å². The zero-order valence-electron chi connectivity index (χ0n) is 13.2. The van der Waals surface area contributed by atoms with Crippen molar-refractivity contribution in [3.05, 3.63) is 54.4 Å². The maximum absolute atomic E-state index is 12.4. The summed E-state index contributed by atoms with van der Waals surface area (Å²) in [5.74, 6) is 0.874. The summed E-state index contributed by atoms with van der Waals surface area (Å²) in [5.41, 5.74) is 1.25. The van der Waals surface area contributed by atoms with E-state index in [1.165, 1.54) is 5.56 Å². The SMILES string of the molecule is O=C(NCCc1ccccc1)C1CCCN(c2ncccn2)C1. The van der Waals surface area contributed by atoms with E-state index in [9.17, 15) is 4.79 Å². The summed E-state index contributed by atoms with van der Waals surface area (Å²) in [6.07, 6.45) is 6.28. The second-order valence-corrected chi connectivity index (χ2v) is 5.86. The van der Waals surface area contributed by atoms with Gasteiger partial charge in [0.1, 0.15) is 0 Å². The van der Waals surface area contributed by atoms with Crippen LogP contribution in [0, 0.1) is 5.92 Å². The highest BCUT2D eigenvalue weighted by Crippen LogP contribution is 2.20. The molecule has 1 N–H and O–H groups in total. The van der Waals surface area contributed by atoms with Crippen LogP contribution in [0.4, 0.5) is 5.95 Å². The van der Waals surface area contributed by atoms with Gasteiger partial charge in [-0.2, -0.15) is 0 Å². The van der Waals surface area contributed by atoms with Gasteiger partial charge in [-0.1, -0.05) is 30.3 Å². The monoisotopic (exact) mass is 310 g/mol. The van der Waals surface area contributed by atoms with E-state index in [2.05, 4.69) is 32.3 Å². The number of piperidine rings is 1. The molecule has 1 aromatic heterocycles. The van der Waals surface area contributed by atoms with Gasteiger partial charge in [0, 0.05) is 32.0 Å². The predicted octanol–water partition coefficient (Wildman–Crippen LogP) is 2.05. The Balaban J connectivity index is 1.49. The second-order valence-electron chi connectivity index (χ2n) is 5.86. The van der Waals surface area contributed by atoms with Gasteiger partial charge in [-0.25, -0.2) is 9.97 Å². The van der Waals surface area contributed by atoms with E-state index in [-0.39, 0.29) is 11.8 Å². The third-order valence-corrected chi connectivity index (χ3v) is 4.18. The minimum Gasteiger partial charge on any atom is -0.355 e. The number of carbonyl (C=O) groups is 1. The summed E-state index contributed by atoms with van der Waals surface area (Å²) >= 11 is 0. The van der Waals surface area contributed by atoms with Crippen molar-refractivity contribution in [2.45, 2.75) is 19.3 Å². The van der Waals surface area contributed by atoms with Crippen molar-refractivity contribution in [2.24, 2.45) is 5.92 Å². The molecular weight excluding hydrogens is 288 g/mol.